The molecule has 0 fully saturated rings. The van der Waals surface area contributed by atoms with Crippen LogP contribution in [0.5, 0.6) is 0 Å². The van der Waals surface area contributed by atoms with Gasteiger partial charge in [-0.25, -0.2) is 0 Å². The number of carbonyl (C=O) groups is 1. The number of nitrogens with two attached hydrogens (primary N) is 1. The van der Waals surface area contributed by atoms with Crippen molar-refractivity contribution in [2.75, 3.05) is 0 Å². The summed E-state index contributed by atoms with van der Waals surface area (Å²) in [7, 11) is 0. The first-order valence-corrected chi connectivity index (χ1v) is 6.90. The van der Waals surface area contributed by atoms with Gasteiger partial charge < -0.3 is 11.1 Å². The Bertz CT molecular complexity index is 471. The lowest BCUT2D eigenvalue weighted by Crippen LogP contribution is -2.45. The molecule has 6 heteroatoms. The quantitative estimate of drug-likeness (QED) is 0.877. The molecule has 0 saturated carbocycles. The van der Waals surface area contributed by atoms with Crippen molar-refractivity contribution in [3.63, 3.8) is 0 Å². The van der Waals surface area contributed by atoms with Crippen LogP contribution in [-0.4, -0.2) is 11.9 Å². The van der Waals surface area contributed by atoms with Crippen LogP contribution in [-0.2, 0) is 11.0 Å². The molecule has 21 heavy (non-hydrogen) atoms. The van der Waals surface area contributed by atoms with Crippen LogP contribution in [0.25, 0.3) is 0 Å². The molecule has 3 atom stereocenters. The Kier molecular flexibility index (Phi) is 5.78. The highest BCUT2D eigenvalue weighted by Crippen LogP contribution is 2.29. The molecule has 0 aliphatic heterocycles. The van der Waals surface area contributed by atoms with E-state index in [9.17, 15) is 18.0 Å². The molecule has 0 aliphatic rings. The fourth-order valence-corrected chi connectivity index (χ4v) is 1.87. The van der Waals surface area contributed by atoms with Gasteiger partial charge in [0.25, 0.3) is 0 Å². The Morgan fingerprint density at radius 2 is 1.76 bits per heavy atom. The van der Waals surface area contributed by atoms with Crippen LogP contribution in [0.15, 0.2) is 24.3 Å². The van der Waals surface area contributed by atoms with Crippen LogP contribution in [0.3, 0.4) is 0 Å². The van der Waals surface area contributed by atoms with Gasteiger partial charge in [0.05, 0.1) is 17.6 Å². The lowest BCUT2D eigenvalue weighted by atomic mass is 9.98. The van der Waals surface area contributed by atoms with Gasteiger partial charge in [-0.15, -0.1) is 0 Å². The molecular weight excluding hydrogens is 281 g/mol. The Morgan fingerprint density at radius 1 is 1.24 bits per heavy atom. The van der Waals surface area contributed by atoms with E-state index in [1.54, 1.807) is 6.92 Å². The third kappa shape index (κ3) is 4.74. The van der Waals surface area contributed by atoms with Crippen molar-refractivity contribution in [1.29, 1.82) is 0 Å². The van der Waals surface area contributed by atoms with Crippen molar-refractivity contribution >= 4 is 5.91 Å². The maximum Gasteiger partial charge on any atom is 0.416 e. The van der Waals surface area contributed by atoms with Crippen molar-refractivity contribution in [3.05, 3.63) is 35.4 Å². The number of nitrogens with one attached hydrogen (secondary N) is 1. The average molecular weight is 302 g/mol. The Balaban J connectivity index is 2.72. The van der Waals surface area contributed by atoms with Crippen molar-refractivity contribution in [2.45, 2.75) is 45.5 Å². The highest BCUT2D eigenvalue weighted by atomic mass is 19.4. The summed E-state index contributed by atoms with van der Waals surface area (Å²) in [5.41, 5.74) is 5.72. The maximum atomic E-state index is 12.5. The normalized spacial score (nSPS) is 16.1. The summed E-state index contributed by atoms with van der Waals surface area (Å²) in [6, 6.07) is 3.73. The number of halogens is 3. The molecule has 0 heterocycles. The number of hydrogen-bond donors (Lipinski definition) is 2. The van der Waals surface area contributed by atoms with Crippen molar-refractivity contribution < 1.29 is 18.0 Å². The fraction of sp³-hybridized carbons (Fsp3) is 0.533. The summed E-state index contributed by atoms with van der Waals surface area (Å²) in [6.45, 7) is 5.54. The number of hydrogen-bond acceptors (Lipinski definition) is 2. The Morgan fingerprint density at radius 3 is 2.19 bits per heavy atom. The van der Waals surface area contributed by atoms with E-state index in [-0.39, 0.29) is 11.8 Å². The van der Waals surface area contributed by atoms with Crippen LogP contribution in [0.1, 0.15) is 44.4 Å². The molecule has 0 aliphatic carbocycles. The molecule has 1 aromatic rings. The summed E-state index contributed by atoms with van der Waals surface area (Å²) in [6.07, 6.45) is -3.58. The molecule has 0 saturated heterocycles. The Labute approximate surface area is 122 Å². The van der Waals surface area contributed by atoms with Gasteiger partial charge in [-0.1, -0.05) is 32.4 Å². The van der Waals surface area contributed by atoms with Crippen LogP contribution in [0.4, 0.5) is 13.2 Å². The monoisotopic (exact) mass is 302 g/mol. The molecule has 0 radical (unpaired) electrons. The van der Waals surface area contributed by atoms with E-state index in [0.29, 0.717) is 5.56 Å². The summed E-state index contributed by atoms with van der Waals surface area (Å²) >= 11 is 0. The van der Waals surface area contributed by atoms with E-state index in [1.807, 2.05) is 13.8 Å². The molecule has 3 N–H and O–H groups in total. The third-order valence-electron chi connectivity index (χ3n) is 3.66. The minimum Gasteiger partial charge on any atom is -0.348 e. The van der Waals surface area contributed by atoms with E-state index in [4.69, 9.17) is 5.73 Å². The molecule has 0 bridgehead atoms. The van der Waals surface area contributed by atoms with Gasteiger partial charge in [0, 0.05) is 0 Å². The lowest BCUT2D eigenvalue weighted by molar-refractivity contribution is -0.137. The molecule has 0 aromatic heterocycles. The molecule has 3 nitrogen and oxygen atoms in total. The predicted molar refractivity (Wildman–Crippen MR) is 75.4 cm³/mol. The number of carbonyl (C=O) groups excluding carboxylic acids is 1. The zero-order valence-electron chi connectivity index (χ0n) is 12.4. The van der Waals surface area contributed by atoms with Gasteiger partial charge in [0.15, 0.2) is 0 Å². The fourth-order valence-electron chi connectivity index (χ4n) is 1.87. The minimum atomic E-state index is -4.36. The van der Waals surface area contributed by atoms with E-state index in [2.05, 4.69) is 5.32 Å². The van der Waals surface area contributed by atoms with Gasteiger partial charge >= 0.3 is 6.18 Å². The molecule has 1 aromatic carbocycles. The zero-order chi connectivity index (χ0) is 16.2. The van der Waals surface area contributed by atoms with Gasteiger partial charge in [0.2, 0.25) is 5.91 Å². The highest BCUT2D eigenvalue weighted by Gasteiger charge is 2.30. The number of amides is 1. The lowest BCUT2D eigenvalue weighted by Gasteiger charge is -2.21. The van der Waals surface area contributed by atoms with Crippen molar-refractivity contribution in [1.82, 2.24) is 5.32 Å². The van der Waals surface area contributed by atoms with Crippen LogP contribution < -0.4 is 11.1 Å². The van der Waals surface area contributed by atoms with Crippen LogP contribution >= 0.6 is 0 Å². The largest absolute Gasteiger partial charge is 0.416 e. The van der Waals surface area contributed by atoms with E-state index >= 15 is 0 Å². The summed E-state index contributed by atoms with van der Waals surface area (Å²) in [5, 5.41) is 2.72. The first-order chi connectivity index (χ1) is 9.66. The molecule has 2 unspecified atom stereocenters. The first kappa shape index (κ1) is 17.5. The van der Waals surface area contributed by atoms with E-state index in [1.165, 1.54) is 12.1 Å². The van der Waals surface area contributed by atoms with Crippen LogP contribution in [0.2, 0.25) is 0 Å². The second-order valence-corrected chi connectivity index (χ2v) is 5.26. The van der Waals surface area contributed by atoms with Gasteiger partial charge in [-0.2, -0.15) is 13.2 Å². The maximum absolute atomic E-state index is 12.5. The standard InChI is InChI=1S/C15H21F3N2O/c1-4-9(2)13(19)14(21)20-10(3)11-5-7-12(8-6-11)15(16,17)18/h5-10,13H,4,19H2,1-3H3,(H,20,21)/t9?,10?,13-/m0/s1. The third-order valence-corrected chi connectivity index (χ3v) is 3.66. The molecule has 118 valence electrons. The number of benzene rings is 1. The van der Waals surface area contributed by atoms with Crippen LogP contribution in [0, 0.1) is 5.92 Å². The second-order valence-electron chi connectivity index (χ2n) is 5.26. The summed E-state index contributed by atoms with van der Waals surface area (Å²) in [4.78, 5) is 11.9. The Hall–Kier alpha value is -1.56. The summed E-state index contributed by atoms with van der Waals surface area (Å²) < 4.78 is 37.4. The summed E-state index contributed by atoms with van der Waals surface area (Å²) in [5.74, 6) is -0.249. The van der Waals surface area contributed by atoms with Crippen molar-refractivity contribution in [2.24, 2.45) is 11.7 Å². The SMILES string of the molecule is CCC(C)[C@H](N)C(=O)NC(C)c1ccc(C(F)(F)F)cc1. The molecule has 0 spiro atoms. The predicted octanol–water partition coefficient (Wildman–Crippen LogP) is 3.26. The number of alkyl halides is 3. The van der Waals surface area contributed by atoms with E-state index < -0.39 is 23.8 Å². The average Bonchev–Trinajstić information content (AvgIpc) is 2.44. The zero-order valence-corrected chi connectivity index (χ0v) is 12.4. The molecule has 1 amide bonds. The van der Waals surface area contributed by atoms with Crippen molar-refractivity contribution in [3.8, 4) is 0 Å². The van der Waals surface area contributed by atoms with E-state index in [0.717, 1.165) is 18.6 Å². The first-order valence-electron chi connectivity index (χ1n) is 6.90. The van der Waals surface area contributed by atoms with Gasteiger partial charge in [-0.05, 0) is 30.5 Å². The number of rotatable bonds is 5. The smallest absolute Gasteiger partial charge is 0.348 e. The van der Waals surface area contributed by atoms with Gasteiger partial charge in [-0.3, -0.25) is 4.79 Å². The highest BCUT2D eigenvalue weighted by molar-refractivity contribution is 5.82. The molecular formula is C15H21F3N2O. The topological polar surface area (TPSA) is 55.1 Å². The second kappa shape index (κ2) is 6.93. The minimum absolute atomic E-state index is 0.0461. The molecule has 1 rings (SSSR count). The van der Waals surface area contributed by atoms with Gasteiger partial charge in [0.1, 0.15) is 0 Å².